The Balaban J connectivity index is 1.46. The SMILES string of the molecule is C[C@@H]1c2ccc(-c3ncc(-c4ccc(F)cc4)s3)c(O)c2C(=O)C2C(=O)[C@@]3(O)C(=O)C(C(N)=O)C(=O)[C@H](N(C)C)[C@H]3[C@H](O)[C@H]21. The highest BCUT2D eigenvalue weighted by Gasteiger charge is 2.72. The van der Waals surface area contributed by atoms with E-state index in [1.807, 2.05) is 0 Å². The van der Waals surface area contributed by atoms with Gasteiger partial charge in [-0.15, -0.1) is 11.3 Å². The van der Waals surface area contributed by atoms with E-state index in [2.05, 4.69) is 4.98 Å². The summed E-state index contributed by atoms with van der Waals surface area (Å²) in [4.78, 5) is 73.5. The van der Waals surface area contributed by atoms with Gasteiger partial charge in [0.05, 0.1) is 40.0 Å². The summed E-state index contributed by atoms with van der Waals surface area (Å²) in [5.41, 5.74) is 3.26. The molecular weight excluding hydrogens is 593 g/mol. The molecule has 6 rings (SSSR count). The first-order chi connectivity index (χ1) is 20.7. The number of Topliss-reactive ketones (excluding diaryl/α,β-unsaturated/α-hetero) is 4. The number of aliphatic hydroxyl groups excluding tert-OH is 1. The molecule has 1 heterocycles. The van der Waals surface area contributed by atoms with Gasteiger partial charge in [-0.05, 0) is 49.3 Å². The van der Waals surface area contributed by atoms with E-state index in [-0.39, 0.29) is 11.1 Å². The van der Waals surface area contributed by atoms with Crippen LogP contribution in [0.3, 0.4) is 0 Å². The number of halogens is 1. The number of amides is 1. The smallest absolute Gasteiger partial charge is 0.235 e. The van der Waals surface area contributed by atoms with Crippen LogP contribution in [-0.4, -0.2) is 86.1 Å². The van der Waals surface area contributed by atoms with Gasteiger partial charge in [0, 0.05) is 12.1 Å². The highest BCUT2D eigenvalue weighted by atomic mass is 32.1. The zero-order valence-electron chi connectivity index (χ0n) is 23.7. The molecule has 13 heteroatoms. The van der Waals surface area contributed by atoms with Gasteiger partial charge in [0.1, 0.15) is 16.6 Å². The Morgan fingerprint density at radius 1 is 1.07 bits per heavy atom. The van der Waals surface area contributed by atoms with Crippen molar-refractivity contribution in [2.75, 3.05) is 14.1 Å². The molecule has 0 aliphatic heterocycles. The van der Waals surface area contributed by atoms with Crippen LogP contribution in [0.5, 0.6) is 5.75 Å². The molecule has 5 N–H and O–H groups in total. The molecule has 8 atom stereocenters. The first-order valence-electron chi connectivity index (χ1n) is 13.8. The molecule has 3 aromatic rings. The summed E-state index contributed by atoms with van der Waals surface area (Å²) in [5.74, 6) is -14.3. The van der Waals surface area contributed by atoms with Crippen LogP contribution < -0.4 is 5.73 Å². The number of fused-ring (bicyclic) bond motifs is 3. The molecule has 2 unspecified atom stereocenters. The van der Waals surface area contributed by atoms with Gasteiger partial charge in [0.2, 0.25) is 5.91 Å². The van der Waals surface area contributed by atoms with Gasteiger partial charge in [-0.3, -0.25) is 28.9 Å². The number of aromatic hydroxyl groups is 1. The number of thiazole rings is 1. The summed E-state index contributed by atoms with van der Waals surface area (Å²) in [6.07, 6.45) is -0.168. The average molecular weight is 622 g/mol. The van der Waals surface area contributed by atoms with Crippen molar-refractivity contribution in [2.24, 2.45) is 29.4 Å². The van der Waals surface area contributed by atoms with Crippen molar-refractivity contribution in [3.05, 3.63) is 59.5 Å². The fourth-order valence-electron chi connectivity index (χ4n) is 7.31. The number of nitrogens with two attached hydrogens (primary N) is 1. The lowest BCUT2D eigenvalue weighted by Crippen LogP contribution is -2.77. The van der Waals surface area contributed by atoms with Crippen LogP contribution >= 0.6 is 11.3 Å². The number of carbonyl (C=O) groups is 5. The molecule has 0 radical (unpaired) electrons. The maximum atomic E-state index is 14.1. The van der Waals surface area contributed by atoms with Crippen LogP contribution in [-0.2, 0) is 19.2 Å². The summed E-state index contributed by atoms with van der Waals surface area (Å²) in [6.45, 7) is 1.64. The molecule has 3 aliphatic carbocycles. The lowest BCUT2D eigenvalue weighted by Gasteiger charge is -2.56. The number of aromatic nitrogens is 1. The third kappa shape index (κ3) is 3.96. The Morgan fingerprint density at radius 2 is 1.73 bits per heavy atom. The summed E-state index contributed by atoms with van der Waals surface area (Å²) in [7, 11) is 2.87. The molecule has 11 nitrogen and oxygen atoms in total. The molecule has 0 bridgehead atoms. The quantitative estimate of drug-likeness (QED) is 0.310. The van der Waals surface area contributed by atoms with E-state index in [9.17, 15) is 43.7 Å². The van der Waals surface area contributed by atoms with E-state index in [1.54, 1.807) is 31.2 Å². The second kappa shape index (κ2) is 10.2. The third-order valence-electron chi connectivity index (χ3n) is 9.35. The molecule has 2 fully saturated rings. The van der Waals surface area contributed by atoms with Gasteiger partial charge in [0.25, 0.3) is 0 Å². The maximum Gasteiger partial charge on any atom is 0.235 e. The minimum absolute atomic E-state index is 0.183. The highest BCUT2D eigenvalue weighted by Crippen LogP contribution is 2.55. The number of likely N-dealkylation sites (N-methyl/N-ethyl adjacent to an activating group) is 1. The molecule has 3 aliphatic rings. The number of phenols is 1. The largest absolute Gasteiger partial charge is 0.506 e. The van der Waals surface area contributed by atoms with Crippen molar-refractivity contribution in [1.29, 1.82) is 0 Å². The predicted molar refractivity (Wildman–Crippen MR) is 154 cm³/mol. The average Bonchev–Trinajstić information content (AvgIpc) is 3.45. The topological polar surface area (TPSA) is 188 Å². The summed E-state index contributed by atoms with van der Waals surface area (Å²) in [5, 5.41) is 35.2. The Labute approximate surface area is 254 Å². The number of benzene rings is 2. The van der Waals surface area contributed by atoms with E-state index >= 15 is 0 Å². The first kappa shape index (κ1) is 29.9. The van der Waals surface area contributed by atoms with Crippen molar-refractivity contribution >= 4 is 40.4 Å². The predicted octanol–water partition coefficient (Wildman–Crippen LogP) is 1.33. The fraction of sp³-hybridized carbons (Fsp3) is 0.355. The molecule has 1 aromatic heterocycles. The monoisotopic (exact) mass is 621 g/mol. The summed E-state index contributed by atoms with van der Waals surface area (Å²) < 4.78 is 13.4. The zero-order chi connectivity index (χ0) is 32.0. The van der Waals surface area contributed by atoms with E-state index in [0.717, 1.165) is 0 Å². The fourth-order valence-corrected chi connectivity index (χ4v) is 8.26. The molecule has 2 saturated carbocycles. The molecule has 1 amide bonds. The van der Waals surface area contributed by atoms with Crippen molar-refractivity contribution < 1.29 is 43.7 Å². The highest BCUT2D eigenvalue weighted by molar-refractivity contribution is 7.18. The number of aliphatic hydroxyl groups is 2. The number of primary amides is 1. The minimum atomic E-state index is -3.07. The van der Waals surface area contributed by atoms with Crippen molar-refractivity contribution in [3.63, 3.8) is 0 Å². The van der Waals surface area contributed by atoms with Crippen LogP contribution in [0.15, 0.2) is 42.6 Å². The van der Waals surface area contributed by atoms with Gasteiger partial charge >= 0.3 is 0 Å². The van der Waals surface area contributed by atoms with Crippen LogP contribution in [0.2, 0.25) is 0 Å². The Kier molecular flexibility index (Phi) is 6.92. The minimum Gasteiger partial charge on any atom is -0.506 e. The molecule has 2 aromatic carbocycles. The van der Waals surface area contributed by atoms with E-state index < -0.39 is 87.9 Å². The number of phenolic OH excluding ortho intramolecular Hbond substituents is 1. The van der Waals surface area contributed by atoms with Crippen LogP contribution in [0.1, 0.15) is 28.8 Å². The van der Waals surface area contributed by atoms with Crippen molar-refractivity contribution in [2.45, 2.75) is 30.6 Å². The molecule has 0 saturated heterocycles. The Hall–Kier alpha value is -4.17. The van der Waals surface area contributed by atoms with Gasteiger partial charge in [-0.2, -0.15) is 0 Å². The van der Waals surface area contributed by atoms with Crippen LogP contribution in [0.4, 0.5) is 4.39 Å². The second-order valence-corrected chi connectivity index (χ2v) is 12.9. The van der Waals surface area contributed by atoms with E-state index in [0.29, 0.717) is 21.0 Å². The lowest BCUT2D eigenvalue weighted by molar-refractivity contribution is -0.196. The van der Waals surface area contributed by atoms with Gasteiger partial charge in [-0.1, -0.05) is 25.1 Å². The number of hydrogen-bond acceptors (Lipinski definition) is 11. The maximum absolute atomic E-state index is 14.1. The van der Waals surface area contributed by atoms with Gasteiger partial charge in [-0.25, -0.2) is 9.37 Å². The number of nitrogens with zero attached hydrogens (tertiary/aromatic N) is 2. The van der Waals surface area contributed by atoms with Crippen molar-refractivity contribution in [3.8, 4) is 26.8 Å². The Morgan fingerprint density at radius 3 is 2.34 bits per heavy atom. The van der Waals surface area contributed by atoms with Crippen molar-refractivity contribution in [1.82, 2.24) is 9.88 Å². The van der Waals surface area contributed by atoms with E-state index in [1.165, 1.54) is 48.7 Å². The Bertz CT molecular complexity index is 1770. The van der Waals surface area contributed by atoms with Gasteiger partial charge < -0.3 is 21.1 Å². The zero-order valence-corrected chi connectivity index (χ0v) is 24.5. The van der Waals surface area contributed by atoms with Crippen LogP contribution in [0, 0.1) is 29.5 Å². The van der Waals surface area contributed by atoms with E-state index in [4.69, 9.17) is 5.73 Å². The number of hydrogen-bond donors (Lipinski definition) is 4. The first-order valence-corrected chi connectivity index (χ1v) is 14.6. The number of ketones is 4. The summed E-state index contributed by atoms with van der Waals surface area (Å²) >= 11 is 1.18. The summed E-state index contributed by atoms with van der Waals surface area (Å²) in [6, 6.07) is 7.47. The molecule has 44 heavy (non-hydrogen) atoms. The lowest BCUT2D eigenvalue weighted by atomic mass is 9.49. The van der Waals surface area contributed by atoms with Gasteiger partial charge in [0.15, 0.2) is 34.7 Å². The normalized spacial score (nSPS) is 31.5. The number of rotatable bonds is 4. The third-order valence-corrected chi connectivity index (χ3v) is 10.4. The molecule has 0 spiro atoms. The standard InChI is InChI=1S/C31H28FN3O8S/c1-11-14-8-9-15(30-34-10-16(44-30)12-4-6-13(32)7-5-12)23(36)18(14)24(37)19-17(11)25(38)21-22(35(2)3)26(39)20(29(33)42)28(41)31(21,43)27(19)40/h4-11,17,19-22,25,36,38,43H,1-3H3,(H2,33,42)/t11-,17+,19?,20?,21+,22-,25-,31-/m1/s1. The van der Waals surface area contributed by atoms with Crippen LogP contribution in [0.25, 0.3) is 21.0 Å². The molecular formula is C31H28FN3O8S. The molecule has 228 valence electrons. The number of carbonyl (C=O) groups excluding carboxylic acids is 5. The second-order valence-electron chi connectivity index (χ2n) is 11.8.